The first-order valence-electron chi connectivity index (χ1n) is 8.68. The third-order valence-corrected chi connectivity index (χ3v) is 5.67. The molecule has 0 bridgehead atoms. The van der Waals surface area contributed by atoms with E-state index in [9.17, 15) is 0 Å². The second kappa shape index (κ2) is 6.33. The number of hydrogen-bond donors (Lipinski definition) is 1. The minimum Gasteiger partial charge on any atom is -0.314 e. The fourth-order valence-electron chi connectivity index (χ4n) is 4.04. The minimum absolute atomic E-state index is 0.237. The monoisotopic (exact) mass is 302 g/mol. The standard InChI is InChI=1S/C20H34N2/c1-13-14(2)16(4)18(17(5)15(13)3)19(20(6,7)8)22-11-9-21-10-12-22/h19,21H,9-12H2,1-8H3/t19-/m1/s1. The van der Waals surface area contributed by atoms with Crippen LogP contribution in [-0.2, 0) is 0 Å². The Morgan fingerprint density at radius 1 is 0.773 bits per heavy atom. The Morgan fingerprint density at radius 3 is 1.59 bits per heavy atom. The molecule has 1 fully saturated rings. The van der Waals surface area contributed by atoms with Crippen LogP contribution in [0.1, 0.15) is 60.2 Å². The number of piperazine rings is 1. The predicted octanol–water partition coefficient (Wildman–Crippen LogP) is 4.22. The Hall–Kier alpha value is -0.860. The van der Waals surface area contributed by atoms with Crippen LogP contribution in [0.5, 0.6) is 0 Å². The molecule has 1 aromatic rings. The molecule has 0 spiro atoms. The van der Waals surface area contributed by atoms with Crippen molar-refractivity contribution in [1.29, 1.82) is 0 Å². The number of nitrogens with one attached hydrogen (secondary N) is 1. The van der Waals surface area contributed by atoms with Gasteiger partial charge in [-0.15, -0.1) is 0 Å². The van der Waals surface area contributed by atoms with Gasteiger partial charge in [-0.05, 0) is 73.4 Å². The summed E-state index contributed by atoms with van der Waals surface area (Å²) in [5.41, 5.74) is 9.23. The zero-order valence-corrected chi connectivity index (χ0v) is 15.9. The quantitative estimate of drug-likeness (QED) is 0.880. The highest BCUT2D eigenvalue weighted by molar-refractivity contribution is 5.51. The fourth-order valence-corrected chi connectivity index (χ4v) is 4.04. The molecule has 2 nitrogen and oxygen atoms in total. The van der Waals surface area contributed by atoms with Gasteiger partial charge < -0.3 is 5.32 Å². The molecule has 0 radical (unpaired) electrons. The summed E-state index contributed by atoms with van der Waals surface area (Å²) < 4.78 is 0. The van der Waals surface area contributed by atoms with Crippen molar-refractivity contribution in [1.82, 2.24) is 10.2 Å². The van der Waals surface area contributed by atoms with E-state index in [1.54, 1.807) is 5.56 Å². The highest BCUT2D eigenvalue weighted by atomic mass is 15.2. The first-order valence-corrected chi connectivity index (χ1v) is 8.68. The normalized spacial score (nSPS) is 18.5. The fraction of sp³-hybridized carbons (Fsp3) is 0.700. The molecular formula is C20H34N2. The highest BCUT2D eigenvalue weighted by Gasteiger charge is 2.35. The van der Waals surface area contributed by atoms with Crippen molar-refractivity contribution in [3.05, 3.63) is 33.4 Å². The Kier molecular flexibility index (Phi) is 5.03. The molecule has 0 aliphatic carbocycles. The summed E-state index contributed by atoms with van der Waals surface area (Å²) in [6.45, 7) is 23.2. The van der Waals surface area contributed by atoms with Crippen LogP contribution in [-0.4, -0.2) is 31.1 Å². The molecule has 0 aromatic heterocycles. The molecule has 1 aliphatic heterocycles. The van der Waals surface area contributed by atoms with Crippen LogP contribution in [0.25, 0.3) is 0 Å². The zero-order valence-electron chi connectivity index (χ0n) is 15.9. The van der Waals surface area contributed by atoms with Crippen LogP contribution < -0.4 is 5.32 Å². The van der Waals surface area contributed by atoms with Crippen LogP contribution in [0.15, 0.2) is 0 Å². The third kappa shape index (κ3) is 3.09. The molecule has 1 N–H and O–H groups in total. The van der Waals surface area contributed by atoms with Crippen LogP contribution >= 0.6 is 0 Å². The van der Waals surface area contributed by atoms with Crippen molar-refractivity contribution in [2.24, 2.45) is 5.41 Å². The van der Waals surface area contributed by atoms with Crippen molar-refractivity contribution < 1.29 is 0 Å². The lowest BCUT2D eigenvalue weighted by molar-refractivity contribution is 0.0852. The zero-order chi connectivity index (χ0) is 16.7. The molecular weight excluding hydrogens is 268 g/mol. The molecule has 124 valence electrons. The van der Waals surface area contributed by atoms with Gasteiger partial charge >= 0.3 is 0 Å². The average molecular weight is 303 g/mol. The number of rotatable bonds is 2. The predicted molar refractivity (Wildman–Crippen MR) is 96.8 cm³/mol. The average Bonchev–Trinajstić information content (AvgIpc) is 2.47. The van der Waals surface area contributed by atoms with Crippen LogP contribution in [0.4, 0.5) is 0 Å². The molecule has 0 unspecified atom stereocenters. The van der Waals surface area contributed by atoms with Gasteiger partial charge in [-0.1, -0.05) is 20.8 Å². The first kappa shape index (κ1) is 17.5. The SMILES string of the molecule is Cc1c(C)c(C)c([C@@H](N2CCNCC2)C(C)(C)C)c(C)c1C. The Balaban J connectivity index is 2.62. The third-order valence-electron chi connectivity index (χ3n) is 5.67. The molecule has 1 aliphatic rings. The summed E-state index contributed by atoms with van der Waals surface area (Å²) in [5, 5.41) is 3.49. The van der Waals surface area contributed by atoms with E-state index in [-0.39, 0.29) is 5.41 Å². The van der Waals surface area contributed by atoms with Crippen LogP contribution in [0.2, 0.25) is 0 Å². The van der Waals surface area contributed by atoms with E-state index in [4.69, 9.17) is 0 Å². The maximum Gasteiger partial charge on any atom is 0.0402 e. The maximum atomic E-state index is 3.49. The lowest BCUT2D eigenvalue weighted by Crippen LogP contribution is -2.48. The van der Waals surface area contributed by atoms with E-state index < -0.39 is 0 Å². The van der Waals surface area contributed by atoms with Gasteiger partial charge in [0.25, 0.3) is 0 Å². The van der Waals surface area contributed by atoms with Gasteiger partial charge in [0.05, 0.1) is 0 Å². The Bertz CT molecular complexity index is 517. The van der Waals surface area contributed by atoms with Crippen molar-refractivity contribution in [3.63, 3.8) is 0 Å². The van der Waals surface area contributed by atoms with Gasteiger partial charge in [0.2, 0.25) is 0 Å². The molecule has 0 saturated carbocycles. The second-order valence-corrected chi connectivity index (χ2v) is 8.09. The molecule has 1 aromatic carbocycles. The van der Waals surface area contributed by atoms with E-state index in [0.717, 1.165) is 26.2 Å². The van der Waals surface area contributed by atoms with Crippen LogP contribution in [0.3, 0.4) is 0 Å². The Morgan fingerprint density at radius 2 is 1.18 bits per heavy atom. The van der Waals surface area contributed by atoms with Crippen molar-refractivity contribution in [2.75, 3.05) is 26.2 Å². The largest absolute Gasteiger partial charge is 0.314 e. The van der Waals surface area contributed by atoms with E-state index in [1.807, 2.05) is 0 Å². The first-order chi connectivity index (χ1) is 10.2. The van der Waals surface area contributed by atoms with Crippen molar-refractivity contribution in [3.8, 4) is 0 Å². The van der Waals surface area contributed by atoms with E-state index in [1.165, 1.54) is 27.8 Å². The summed E-state index contributed by atoms with van der Waals surface area (Å²) >= 11 is 0. The van der Waals surface area contributed by atoms with Gasteiger partial charge in [-0.3, -0.25) is 4.90 Å². The topological polar surface area (TPSA) is 15.3 Å². The molecule has 0 amide bonds. The molecule has 2 rings (SSSR count). The van der Waals surface area contributed by atoms with E-state index >= 15 is 0 Å². The van der Waals surface area contributed by atoms with Gasteiger partial charge in [-0.25, -0.2) is 0 Å². The molecule has 1 saturated heterocycles. The molecule has 1 heterocycles. The summed E-state index contributed by atoms with van der Waals surface area (Å²) in [6.07, 6.45) is 0. The van der Waals surface area contributed by atoms with Gasteiger partial charge in [0.15, 0.2) is 0 Å². The summed E-state index contributed by atoms with van der Waals surface area (Å²) in [5.74, 6) is 0. The number of benzene rings is 1. The summed E-state index contributed by atoms with van der Waals surface area (Å²) in [7, 11) is 0. The second-order valence-electron chi connectivity index (χ2n) is 8.09. The summed E-state index contributed by atoms with van der Waals surface area (Å²) in [4.78, 5) is 2.69. The lowest BCUT2D eigenvalue weighted by atomic mass is 9.75. The van der Waals surface area contributed by atoms with Crippen molar-refractivity contribution in [2.45, 2.75) is 61.4 Å². The smallest absolute Gasteiger partial charge is 0.0402 e. The molecule has 1 atom stereocenters. The van der Waals surface area contributed by atoms with Gasteiger partial charge in [0.1, 0.15) is 0 Å². The maximum absolute atomic E-state index is 3.49. The van der Waals surface area contributed by atoms with Gasteiger partial charge in [-0.2, -0.15) is 0 Å². The molecule has 22 heavy (non-hydrogen) atoms. The lowest BCUT2D eigenvalue weighted by Gasteiger charge is -2.44. The summed E-state index contributed by atoms with van der Waals surface area (Å²) in [6, 6.07) is 0.493. The Labute approximate surface area is 137 Å². The highest BCUT2D eigenvalue weighted by Crippen LogP contribution is 2.43. The number of nitrogens with zero attached hydrogens (tertiary/aromatic N) is 1. The van der Waals surface area contributed by atoms with E-state index in [2.05, 4.69) is 65.6 Å². The van der Waals surface area contributed by atoms with Crippen molar-refractivity contribution >= 4 is 0 Å². The van der Waals surface area contributed by atoms with Crippen LogP contribution in [0, 0.1) is 40.0 Å². The van der Waals surface area contributed by atoms with Gasteiger partial charge in [0, 0.05) is 32.2 Å². The van der Waals surface area contributed by atoms with E-state index in [0.29, 0.717) is 6.04 Å². The minimum atomic E-state index is 0.237. The number of hydrogen-bond acceptors (Lipinski definition) is 2. The molecule has 2 heteroatoms.